The van der Waals surface area contributed by atoms with Crippen LogP contribution in [0, 0.1) is 0 Å². The van der Waals surface area contributed by atoms with E-state index in [1.807, 2.05) is 0 Å². The Morgan fingerprint density at radius 2 is 1.24 bits per heavy atom. The number of aliphatic hydroxyl groups excluding tert-OH is 11. The first kappa shape index (κ1) is 44.2. The topological polar surface area (TPSA) is 347 Å². The van der Waals surface area contributed by atoms with E-state index in [9.17, 15) is 69.1 Å². The zero-order chi connectivity index (χ0) is 36.2. The summed E-state index contributed by atoms with van der Waals surface area (Å²) >= 11 is 0.541. The molecule has 0 aromatic heterocycles. The molecule has 1 aromatic rings. The molecule has 1 aromatic carbocycles. The molecule has 280 valence electrons. The number of benzene rings is 1. The Bertz CT molecular complexity index is 1340. The summed E-state index contributed by atoms with van der Waals surface area (Å²) < 4.78 is 64.5. The van der Waals surface area contributed by atoms with Gasteiger partial charge in [0.2, 0.25) is 6.29 Å². The van der Waals surface area contributed by atoms with Gasteiger partial charge in [0.1, 0.15) is 89.5 Å². The van der Waals surface area contributed by atoms with Crippen LogP contribution in [0.5, 0.6) is 5.75 Å². The summed E-state index contributed by atoms with van der Waals surface area (Å²) in [4.78, 5) is 0. The Kier molecular flexibility index (Phi) is 17.1. The number of rotatable bonds is 12. The normalized spacial score (nSPS) is 39.8. The molecule has 3 aliphatic heterocycles. The number of thioether (sulfide) groups is 1. The van der Waals surface area contributed by atoms with Gasteiger partial charge in [0.15, 0.2) is 6.29 Å². The van der Waals surface area contributed by atoms with E-state index in [0.29, 0.717) is 17.3 Å². The number of nitrogens with zero attached hydrogens (tertiary/aromatic N) is 1. The van der Waals surface area contributed by atoms with E-state index >= 15 is 0 Å². The van der Waals surface area contributed by atoms with Gasteiger partial charge >= 0.3 is 51.4 Å². The molecule has 0 bridgehead atoms. The van der Waals surface area contributed by atoms with Crippen LogP contribution in [0.3, 0.4) is 0 Å². The van der Waals surface area contributed by atoms with Crippen LogP contribution in [-0.2, 0) is 40.1 Å². The molecule has 4 rings (SSSR count). The van der Waals surface area contributed by atoms with Gasteiger partial charge in [-0.25, -0.2) is 0 Å². The van der Waals surface area contributed by atoms with Crippen LogP contribution < -0.4 is 56.1 Å². The van der Waals surface area contributed by atoms with Crippen LogP contribution in [0.4, 0.5) is 0 Å². The molecular formula is C26H38KNO20S2. The summed E-state index contributed by atoms with van der Waals surface area (Å²) in [6.45, 7) is -2.28. The molecule has 0 saturated carbocycles. The van der Waals surface area contributed by atoms with Crippen molar-refractivity contribution in [2.45, 2.75) is 97.7 Å². The Balaban J connectivity index is 0.00000676. The van der Waals surface area contributed by atoms with E-state index in [1.54, 1.807) is 0 Å². The van der Waals surface area contributed by atoms with Crippen molar-refractivity contribution in [3.05, 3.63) is 29.8 Å². The van der Waals surface area contributed by atoms with Crippen molar-refractivity contribution in [1.82, 2.24) is 0 Å². The van der Waals surface area contributed by atoms with Gasteiger partial charge in [-0.1, -0.05) is 29.1 Å². The van der Waals surface area contributed by atoms with Gasteiger partial charge in [-0.05, 0) is 17.7 Å². The minimum atomic E-state index is -5.30. The molecule has 3 heterocycles. The molecule has 0 amide bonds. The molecule has 15 atom stereocenters. The van der Waals surface area contributed by atoms with Crippen molar-refractivity contribution in [2.75, 3.05) is 19.8 Å². The van der Waals surface area contributed by atoms with Gasteiger partial charge in [-0.3, -0.25) is 4.28 Å². The Morgan fingerprint density at radius 1 is 0.720 bits per heavy atom. The average molecular weight is 788 g/mol. The Morgan fingerprint density at radius 3 is 1.80 bits per heavy atom. The van der Waals surface area contributed by atoms with Gasteiger partial charge in [-0.2, -0.15) is 8.42 Å². The predicted molar refractivity (Wildman–Crippen MR) is 157 cm³/mol. The maximum absolute atomic E-state index is 11.0. The van der Waals surface area contributed by atoms with Crippen molar-refractivity contribution in [3.63, 3.8) is 0 Å². The second-order valence-corrected chi connectivity index (χ2v) is 13.4. The molecule has 11 N–H and O–H groups in total. The summed E-state index contributed by atoms with van der Waals surface area (Å²) in [6, 6.07) is 5.54. The summed E-state index contributed by atoms with van der Waals surface area (Å²) in [6.07, 6.45) is -23.2. The number of hydrogen-bond donors (Lipinski definition) is 11. The third-order valence-electron chi connectivity index (χ3n) is 7.82. The fourth-order valence-corrected chi connectivity index (χ4v) is 6.45. The van der Waals surface area contributed by atoms with Crippen molar-refractivity contribution < 1.29 is 148 Å². The van der Waals surface area contributed by atoms with Crippen LogP contribution in [0.1, 0.15) is 5.56 Å². The maximum atomic E-state index is 11.0. The Hall–Kier alpha value is -0.214. The summed E-state index contributed by atoms with van der Waals surface area (Å²) in [7, 11) is -5.30. The van der Waals surface area contributed by atoms with Gasteiger partial charge in [-0.15, -0.1) is 0 Å². The monoisotopic (exact) mass is 787 g/mol. The first-order valence-electron chi connectivity index (χ1n) is 14.6. The molecule has 3 aliphatic rings. The fourth-order valence-electron chi connectivity index (χ4n) is 5.13. The van der Waals surface area contributed by atoms with E-state index < -0.39 is 121 Å². The average Bonchev–Trinajstić information content (AvgIpc) is 3.07. The minimum absolute atomic E-state index is 0. The number of hydrogen-bond acceptors (Lipinski definition) is 22. The summed E-state index contributed by atoms with van der Waals surface area (Å²) in [5.74, 6) is 0.0449. The second-order valence-electron chi connectivity index (χ2n) is 11.2. The van der Waals surface area contributed by atoms with Crippen LogP contribution in [0.2, 0.25) is 0 Å². The molecule has 3 fully saturated rings. The predicted octanol–water partition coefficient (Wildman–Crippen LogP) is -9.44. The smallest absolute Gasteiger partial charge is 0.714 e. The van der Waals surface area contributed by atoms with Gasteiger partial charge in [0.25, 0.3) is 10.4 Å². The second kappa shape index (κ2) is 19.4. The first-order valence-corrected chi connectivity index (χ1v) is 16.8. The van der Waals surface area contributed by atoms with Crippen LogP contribution in [-0.4, -0.2) is 185 Å². The molecule has 21 nitrogen and oxygen atoms in total. The minimum Gasteiger partial charge on any atom is -0.714 e. The molecule has 24 heteroatoms. The van der Waals surface area contributed by atoms with E-state index in [-0.39, 0.29) is 68.6 Å². The Labute approximate surface area is 331 Å². The third-order valence-corrected chi connectivity index (χ3v) is 9.19. The SMILES string of the molecule is O=S(=O)([O-])O/N=C(\Cc1ccc(O[C@@H]2O[C@H](CO)[C@@H](O[C@@H]3O[C@H](CO)[C@@H](O)[C@H](O)[C@H]3O)[C@H](O)[C@H]2O)cc1)S[C@@H]1O[C@H](CO)[C@@H](O)[C@H](O)[C@H]1O.[K+]. The number of ether oxygens (including phenoxy) is 5. The molecule has 0 spiro atoms. The van der Waals surface area contributed by atoms with Gasteiger partial charge in [0, 0.05) is 6.42 Å². The van der Waals surface area contributed by atoms with E-state index in [4.69, 9.17) is 23.7 Å². The van der Waals surface area contributed by atoms with E-state index in [2.05, 4.69) is 9.44 Å². The first-order chi connectivity index (χ1) is 23.1. The third kappa shape index (κ3) is 10.9. The fraction of sp³-hybridized carbons (Fsp3) is 0.731. The van der Waals surface area contributed by atoms with Crippen molar-refractivity contribution in [1.29, 1.82) is 0 Å². The van der Waals surface area contributed by atoms with Gasteiger partial charge < -0.3 is 84.4 Å². The molecule has 0 aliphatic carbocycles. The molecular weight excluding hydrogens is 750 g/mol. The zero-order valence-corrected chi connectivity index (χ0v) is 30.9. The van der Waals surface area contributed by atoms with Crippen molar-refractivity contribution >= 4 is 27.2 Å². The molecule has 0 radical (unpaired) electrons. The molecule has 3 saturated heterocycles. The van der Waals surface area contributed by atoms with Crippen molar-refractivity contribution in [3.8, 4) is 5.75 Å². The van der Waals surface area contributed by atoms with Crippen LogP contribution >= 0.6 is 11.8 Å². The standard InChI is InChI=1S/C26H39NO20S2.K/c28-6-11-15(31)17(33)20(36)25(43-11)46-23-13(8-30)44-24(21(37)19(23)35)42-10-3-1-9(2-4-10)5-14(27-47-49(39,40)41)48-26-22(38)18(34)16(32)12(7-29)45-26;/h1-4,11-13,15-26,28-38H,5-8H2,(H,39,40,41);/q;+1/p-1/b27-14+;/t11-,12-,13-,15-,16-,17+,18+,19-,20-,21-,22-,23-,24-,25+,26+;/m1./s1. The number of oxime groups is 1. The molecule has 50 heavy (non-hydrogen) atoms. The van der Waals surface area contributed by atoms with Crippen LogP contribution in [0.15, 0.2) is 29.4 Å². The number of aliphatic hydroxyl groups is 11. The van der Waals surface area contributed by atoms with E-state index in [1.165, 1.54) is 24.3 Å². The van der Waals surface area contributed by atoms with Gasteiger partial charge in [0.05, 0.1) is 19.8 Å². The van der Waals surface area contributed by atoms with Crippen molar-refractivity contribution in [2.24, 2.45) is 5.16 Å². The van der Waals surface area contributed by atoms with Crippen LogP contribution in [0.25, 0.3) is 0 Å². The summed E-state index contributed by atoms with van der Waals surface area (Å²) in [5, 5.41) is 114. The van der Waals surface area contributed by atoms with E-state index in [0.717, 1.165) is 0 Å². The quantitative estimate of drug-likeness (QED) is 0.0234. The summed E-state index contributed by atoms with van der Waals surface area (Å²) in [5.41, 5.74) is -1.01. The zero-order valence-electron chi connectivity index (χ0n) is 26.2. The molecule has 0 unspecified atom stereocenters. The maximum Gasteiger partial charge on any atom is 1.00 e. The largest absolute Gasteiger partial charge is 1.00 e.